The van der Waals surface area contributed by atoms with E-state index >= 15 is 0 Å². The lowest BCUT2D eigenvalue weighted by atomic mass is 9.86. The van der Waals surface area contributed by atoms with Crippen LogP contribution in [0.25, 0.3) is 0 Å². The molecule has 4 atom stereocenters. The maximum Gasteiger partial charge on any atom is 0.329 e. The molecule has 1 saturated heterocycles. The van der Waals surface area contributed by atoms with Gasteiger partial charge in [0.25, 0.3) is 0 Å². The Bertz CT molecular complexity index is 1380. The van der Waals surface area contributed by atoms with Crippen molar-refractivity contribution < 1.29 is 32.7 Å². The Kier molecular flexibility index (Phi) is 10.8. The molecule has 4 N–H and O–H groups in total. The fourth-order valence-electron chi connectivity index (χ4n) is 6.45. The topological polar surface area (TPSA) is 165 Å². The average Bonchev–Trinajstić information content (AvgIpc) is 3.32. The van der Waals surface area contributed by atoms with Crippen molar-refractivity contribution in [1.29, 1.82) is 0 Å². The van der Waals surface area contributed by atoms with Gasteiger partial charge in [-0.2, -0.15) is 4.31 Å². The number of hydrogen-bond donors (Lipinski definition) is 4. The largest absolute Gasteiger partial charge is 0.479 e. The van der Waals surface area contributed by atoms with E-state index in [1.807, 2.05) is 20.8 Å². The molecule has 0 aromatic heterocycles. The summed E-state index contributed by atoms with van der Waals surface area (Å²) < 4.78 is 27.5. The summed E-state index contributed by atoms with van der Waals surface area (Å²) in [7, 11) is -3.69. The van der Waals surface area contributed by atoms with Crippen molar-refractivity contribution in [3.05, 3.63) is 29.8 Å². The van der Waals surface area contributed by atoms with Gasteiger partial charge in [-0.1, -0.05) is 78.0 Å². The highest BCUT2D eigenvalue weighted by Crippen LogP contribution is 2.47. The van der Waals surface area contributed by atoms with Gasteiger partial charge in [0.2, 0.25) is 21.8 Å². The molecule has 3 aliphatic rings. The predicted molar refractivity (Wildman–Crippen MR) is 169 cm³/mol. The fourth-order valence-corrected chi connectivity index (χ4v) is 8.10. The molecule has 12 nitrogen and oxygen atoms in total. The minimum Gasteiger partial charge on any atom is -0.479 e. The Morgan fingerprint density at radius 1 is 1.09 bits per heavy atom. The number of carbonyl (C=O) groups is 4. The summed E-state index contributed by atoms with van der Waals surface area (Å²) in [5.74, 6) is -2.07. The van der Waals surface area contributed by atoms with Gasteiger partial charge in [0.15, 0.2) is 0 Å². The summed E-state index contributed by atoms with van der Waals surface area (Å²) in [5, 5.41) is 18.1. The zero-order valence-corrected chi connectivity index (χ0v) is 27.7. The van der Waals surface area contributed by atoms with Crippen LogP contribution in [0.5, 0.6) is 0 Å². The monoisotopic (exact) mass is 647 g/mol. The molecule has 0 bridgehead atoms. The third kappa shape index (κ3) is 7.97. The molecule has 2 fully saturated rings. The van der Waals surface area contributed by atoms with E-state index in [0.717, 1.165) is 38.5 Å². The van der Waals surface area contributed by atoms with Gasteiger partial charge in [-0.05, 0) is 48.6 Å². The second-order valence-electron chi connectivity index (χ2n) is 13.8. The van der Waals surface area contributed by atoms with Crippen LogP contribution in [0, 0.1) is 11.3 Å². The molecule has 250 valence electrons. The summed E-state index contributed by atoms with van der Waals surface area (Å²) in [6.45, 7) is 8.08. The Balaban J connectivity index is 1.29. The molecule has 0 radical (unpaired) electrons. The maximum atomic E-state index is 13.3. The summed E-state index contributed by atoms with van der Waals surface area (Å²) in [6.07, 6.45) is 7.52. The third-order valence-corrected chi connectivity index (χ3v) is 11.4. The molecule has 13 heteroatoms. The standard InChI is InChI=1S/C32H49N5O7S/c1-5-6-7-8-9-14-23-18-32(23,29(40)41)35-28(39)24-15-12-17-37(24)27(38)19-33-30(42)34-26(31(2,3)4)21-36-20-22-13-10-11-16-25(22)45(36,43)44/h10-11,13,16,23-24,26H,5-9,12,14-15,17-21H2,1-4H3,(H,35,39)(H,40,41)(H2,33,34,42)/t23?,24-,26?,32+/m0/s1. The van der Waals surface area contributed by atoms with Crippen molar-refractivity contribution in [3.8, 4) is 0 Å². The number of carboxylic acid groups (broad SMARTS) is 1. The minimum atomic E-state index is -3.69. The number of unbranched alkanes of at least 4 members (excludes halogenated alkanes) is 4. The first kappa shape index (κ1) is 34.7. The normalized spacial score (nSPS) is 24.5. The van der Waals surface area contributed by atoms with Crippen LogP contribution in [0.4, 0.5) is 4.79 Å². The highest BCUT2D eigenvalue weighted by Gasteiger charge is 2.61. The van der Waals surface area contributed by atoms with E-state index in [0.29, 0.717) is 31.4 Å². The molecule has 1 aliphatic carbocycles. The number of amides is 4. The molecule has 2 heterocycles. The van der Waals surface area contributed by atoms with Gasteiger partial charge in [-0.15, -0.1) is 0 Å². The lowest BCUT2D eigenvalue weighted by Gasteiger charge is -2.34. The molecule has 2 aliphatic heterocycles. The van der Waals surface area contributed by atoms with E-state index in [1.54, 1.807) is 24.3 Å². The van der Waals surface area contributed by atoms with E-state index in [9.17, 15) is 32.7 Å². The number of carbonyl (C=O) groups excluding carboxylic acids is 3. The van der Waals surface area contributed by atoms with Crippen LogP contribution in [-0.2, 0) is 31.0 Å². The molecule has 1 saturated carbocycles. The van der Waals surface area contributed by atoms with Gasteiger partial charge in [0, 0.05) is 25.7 Å². The number of nitrogens with zero attached hydrogens (tertiary/aromatic N) is 2. The molecule has 4 amide bonds. The zero-order chi connectivity index (χ0) is 33.0. The average molecular weight is 648 g/mol. The van der Waals surface area contributed by atoms with Gasteiger partial charge >= 0.3 is 12.0 Å². The van der Waals surface area contributed by atoms with Crippen LogP contribution in [0.3, 0.4) is 0 Å². The predicted octanol–water partition coefficient (Wildman–Crippen LogP) is 3.22. The van der Waals surface area contributed by atoms with E-state index in [-0.39, 0.29) is 30.4 Å². The fraction of sp³-hybridized carbons (Fsp3) is 0.688. The number of nitrogens with one attached hydrogen (secondary N) is 3. The number of sulfonamides is 1. The van der Waals surface area contributed by atoms with Crippen molar-refractivity contribution in [2.24, 2.45) is 11.3 Å². The summed E-state index contributed by atoms with van der Waals surface area (Å²) in [5.41, 5.74) is -1.07. The quantitative estimate of drug-likeness (QED) is 0.225. The first-order valence-corrected chi connectivity index (χ1v) is 17.6. The Labute approximate surface area is 266 Å². The minimum absolute atomic E-state index is 0.0569. The van der Waals surface area contributed by atoms with Crippen molar-refractivity contribution >= 4 is 33.8 Å². The smallest absolute Gasteiger partial charge is 0.329 e. The van der Waals surface area contributed by atoms with Gasteiger partial charge < -0.3 is 26.0 Å². The van der Waals surface area contributed by atoms with E-state index in [4.69, 9.17) is 0 Å². The number of urea groups is 1. The van der Waals surface area contributed by atoms with Gasteiger partial charge in [-0.3, -0.25) is 9.59 Å². The number of benzene rings is 1. The van der Waals surface area contributed by atoms with Crippen molar-refractivity contribution in [1.82, 2.24) is 25.2 Å². The van der Waals surface area contributed by atoms with Crippen molar-refractivity contribution in [2.75, 3.05) is 19.6 Å². The maximum absolute atomic E-state index is 13.3. The lowest BCUT2D eigenvalue weighted by molar-refractivity contribution is -0.145. The van der Waals surface area contributed by atoms with Gasteiger partial charge in [0.05, 0.1) is 11.4 Å². The molecular formula is C32H49N5O7S. The zero-order valence-electron chi connectivity index (χ0n) is 26.9. The summed E-state index contributed by atoms with van der Waals surface area (Å²) in [4.78, 5) is 53.2. The summed E-state index contributed by atoms with van der Waals surface area (Å²) >= 11 is 0. The summed E-state index contributed by atoms with van der Waals surface area (Å²) in [6, 6.07) is 4.84. The van der Waals surface area contributed by atoms with Crippen molar-refractivity contribution in [2.45, 2.75) is 115 Å². The number of likely N-dealkylation sites (tertiary alicyclic amines) is 1. The Hall–Kier alpha value is -3.19. The lowest BCUT2D eigenvalue weighted by Crippen LogP contribution is -2.56. The number of hydrogen-bond acceptors (Lipinski definition) is 6. The van der Waals surface area contributed by atoms with Crippen molar-refractivity contribution in [3.63, 3.8) is 0 Å². The van der Waals surface area contributed by atoms with Crippen LogP contribution in [0.1, 0.15) is 91.0 Å². The van der Waals surface area contributed by atoms with Gasteiger partial charge in [-0.25, -0.2) is 18.0 Å². The second-order valence-corrected chi connectivity index (χ2v) is 15.7. The molecule has 1 aromatic carbocycles. The first-order valence-electron chi connectivity index (χ1n) is 16.2. The van der Waals surface area contributed by atoms with Crippen LogP contribution < -0.4 is 16.0 Å². The van der Waals surface area contributed by atoms with E-state index in [1.165, 1.54) is 9.21 Å². The van der Waals surface area contributed by atoms with Gasteiger partial charge in [0.1, 0.15) is 11.6 Å². The number of rotatable bonds is 14. The molecular weight excluding hydrogens is 598 g/mol. The SMILES string of the molecule is CCCCCCCC1C[C@]1(NC(=O)[C@@H]1CCCN1C(=O)CNC(=O)NC(CN1Cc2ccccc2S1(=O)=O)C(C)(C)C)C(=O)O. The number of aliphatic carboxylic acids is 1. The molecule has 4 rings (SSSR count). The Morgan fingerprint density at radius 2 is 1.80 bits per heavy atom. The molecule has 0 spiro atoms. The number of fused-ring (bicyclic) bond motifs is 1. The Morgan fingerprint density at radius 3 is 2.47 bits per heavy atom. The number of carboxylic acids is 1. The first-order chi connectivity index (χ1) is 21.2. The van der Waals surface area contributed by atoms with Crippen LogP contribution in [0.15, 0.2) is 29.2 Å². The van der Waals surface area contributed by atoms with Crippen LogP contribution in [-0.4, -0.2) is 83.8 Å². The van der Waals surface area contributed by atoms with E-state index in [2.05, 4.69) is 22.9 Å². The third-order valence-electron chi connectivity index (χ3n) is 9.44. The van der Waals surface area contributed by atoms with Crippen LogP contribution >= 0.6 is 0 Å². The highest BCUT2D eigenvalue weighted by atomic mass is 32.2. The highest BCUT2D eigenvalue weighted by molar-refractivity contribution is 7.89. The molecule has 1 aromatic rings. The molecule has 45 heavy (non-hydrogen) atoms. The molecule has 2 unspecified atom stereocenters. The van der Waals surface area contributed by atoms with E-state index < -0.39 is 56.9 Å². The van der Waals surface area contributed by atoms with Crippen LogP contribution in [0.2, 0.25) is 0 Å². The second kappa shape index (κ2) is 14.1.